The van der Waals surface area contributed by atoms with Crippen LogP contribution in [0.25, 0.3) is 0 Å². The van der Waals surface area contributed by atoms with Crippen molar-refractivity contribution in [3.8, 4) is 0 Å². The predicted molar refractivity (Wildman–Crippen MR) is 135 cm³/mol. The molecule has 10 heteroatoms. The Morgan fingerprint density at radius 2 is 0.941 bits per heavy atom. The summed E-state index contributed by atoms with van der Waals surface area (Å²) in [5.74, 6) is -0.686. The third kappa shape index (κ3) is 27.0. The van der Waals surface area contributed by atoms with E-state index in [0.717, 1.165) is 38.5 Å². The summed E-state index contributed by atoms with van der Waals surface area (Å²) in [5, 5.41) is 14.4. The molecule has 0 atom stereocenters. The number of carbonyl (C=O) groups is 3. The van der Waals surface area contributed by atoms with E-state index in [1.807, 2.05) is 0 Å². The second kappa shape index (κ2) is 26.4. The molecule has 0 aliphatic carbocycles. The van der Waals surface area contributed by atoms with Gasteiger partial charge in [0, 0.05) is 25.9 Å². The van der Waals surface area contributed by atoms with E-state index in [1.54, 1.807) is 0 Å². The first kappa shape index (κ1) is 32.8. The second-order valence-corrected chi connectivity index (χ2v) is 8.66. The third-order valence-corrected chi connectivity index (χ3v) is 5.56. The fourth-order valence-electron chi connectivity index (χ4n) is 3.18. The summed E-state index contributed by atoms with van der Waals surface area (Å²) in [7, 11) is 0. The molecule has 9 nitrogen and oxygen atoms in total. The third-order valence-electron chi connectivity index (χ3n) is 5.05. The number of aliphatic carboxylic acids is 1. The van der Waals surface area contributed by atoms with Crippen molar-refractivity contribution in [3.05, 3.63) is 0 Å². The number of rotatable bonds is 26. The first-order valence-electron chi connectivity index (χ1n) is 12.6. The Morgan fingerprint density at radius 1 is 0.559 bits per heavy atom. The molecule has 0 radical (unpaired) electrons. The molecule has 0 aliphatic rings. The monoisotopic (exact) mass is 552 g/mol. The minimum Gasteiger partial charge on any atom is -0.481 e. The molecule has 0 aliphatic heterocycles. The van der Waals surface area contributed by atoms with E-state index in [-0.39, 0.29) is 18.2 Å². The van der Waals surface area contributed by atoms with Gasteiger partial charge in [0.05, 0.1) is 45.0 Å². The Morgan fingerprint density at radius 3 is 1.38 bits per heavy atom. The molecule has 3 N–H and O–H groups in total. The van der Waals surface area contributed by atoms with E-state index in [1.165, 1.54) is 25.7 Å². The lowest BCUT2D eigenvalue weighted by molar-refractivity contribution is -0.137. The molecule has 0 rings (SSSR count). The van der Waals surface area contributed by atoms with Crippen LogP contribution in [0.5, 0.6) is 0 Å². The van der Waals surface area contributed by atoms with Crippen molar-refractivity contribution < 1.29 is 33.7 Å². The second-order valence-electron chi connectivity index (χ2n) is 8.10. The number of hydrogen-bond acceptors (Lipinski definition) is 6. The average molecular weight is 554 g/mol. The Hall–Kier alpha value is -1.23. The van der Waals surface area contributed by atoms with Gasteiger partial charge in [-0.3, -0.25) is 14.4 Å². The van der Waals surface area contributed by atoms with E-state index in [9.17, 15) is 14.4 Å². The van der Waals surface area contributed by atoms with Crippen LogP contribution in [0.15, 0.2) is 0 Å². The zero-order valence-electron chi connectivity index (χ0n) is 20.6. The predicted octanol–water partition coefficient (Wildman–Crippen LogP) is 3.43. The molecule has 0 spiro atoms. The minimum atomic E-state index is -0.700. The molecular weight excluding hydrogens is 508 g/mol. The van der Waals surface area contributed by atoms with Gasteiger partial charge >= 0.3 is 5.97 Å². The lowest BCUT2D eigenvalue weighted by Gasteiger charge is -2.08. The van der Waals surface area contributed by atoms with Gasteiger partial charge in [-0.1, -0.05) is 67.3 Å². The van der Waals surface area contributed by atoms with Crippen molar-refractivity contribution >= 4 is 33.7 Å². The fourth-order valence-corrected chi connectivity index (χ4v) is 3.38. The maximum absolute atomic E-state index is 11.8. The van der Waals surface area contributed by atoms with Crippen molar-refractivity contribution in [2.45, 2.75) is 77.0 Å². The molecule has 0 fully saturated rings. The largest absolute Gasteiger partial charge is 0.481 e. The van der Waals surface area contributed by atoms with E-state index in [2.05, 4.69) is 26.6 Å². The van der Waals surface area contributed by atoms with E-state index in [0.29, 0.717) is 64.5 Å². The number of nitrogens with one attached hydrogen (secondary N) is 2. The SMILES string of the molecule is O=C(O)CCCCCCCCCCCCC(=O)NCCOCCOCCOCCNC(=O)CBr. The van der Waals surface area contributed by atoms with Crippen LogP contribution in [0.1, 0.15) is 77.0 Å². The first-order valence-corrected chi connectivity index (χ1v) is 13.7. The zero-order chi connectivity index (χ0) is 25.1. The number of hydrogen-bond donors (Lipinski definition) is 3. The van der Waals surface area contributed by atoms with Crippen molar-refractivity contribution in [1.29, 1.82) is 0 Å². The Balaban J connectivity index is 3.19. The van der Waals surface area contributed by atoms with Gasteiger partial charge < -0.3 is 30.0 Å². The Bertz CT molecular complexity index is 510. The number of carboxylic acid groups (broad SMARTS) is 1. The molecule has 0 aromatic heterocycles. The van der Waals surface area contributed by atoms with Crippen LogP contribution in [-0.2, 0) is 28.6 Å². The van der Waals surface area contributed by atoms with E-state index in [4.69, 9.17) is 19.3 Å². The number of ether oxygens (including phenoxy) is 3. The summed E-state index contributed by atoms with van der Waals surface area (Å²) in [6, 6.07) is 0. The van der Waals surface area contributed by atoms with Crippen molar-refractivity contribution in [2.24, 2.45) is 0 Å². The number of halogens is 1. The summed E-state index contributed by atoms with van der Waals surface area (Å²) in [6.45, 7) is 3.80. The number of unbranched alkanes of at least 4 members (excludes halogenated alkanes) is 9. The van der Waals surface area contributed by atoms with Crippen LogP contribution >= 0.6 is 15.9 Å². The van der Waals surface area contributed by atoms with Crippen LogP contribution in [-0.4, -0.2) is 81.0 Å². The molecule has 0 bridgehead atoms. The van der Waals surface area contributed by atoms with Gasteiger partial charge in [0.1, 0.15) is 0 Å². The fraction of sp³-hybridized carbons (Fsp3) is 0.875. The lowest BCUT2D eigenvalue weighted by atomic mass is 10.1. The summed E-state index contributed by atoms with van der Waals surface area (Å²) in [6.07, 6.45) is 11.8. The number of alkyl halides is 1. The molecule has 0 unspecified atom stereocenters. The van der Waals surface area contributed by atoms with Crippen LogP contribution < -0.4 is 10.6 Å². The van der Waals surface area contributed by atoms with Gasteiger partial charge in [-0.05, 0) is 12.8 Å². The van der Waals surface area contributed by atoms with E-state index < -0.39 is 5.97 Å². The maximum Gasteiger partial charge on any atom is 0.303 e. The molecular formula is C24H45BrN2O7. The highest BCUT2D eigenvalue weighted by molar-refractivity contribution is 9.09. The first-order chi connectivity index (χ1) is 16.6. The minimum absolute atomic E-state index is 0.0599. The quantitative estimate of drug-likeness (QED) is 0.111. The molecule has 2 amide bonds. The summed E-state index contributed by atoms with van der Waals surface area (Å²) >= 11 is 3.07. The van der Waals surface area contributed by atoms with Crippen molar-refractivity contribution in [3.63, 3.8) is 0 Å². The topological polar surface area (TPSA) is 123 Å². The van der Waals surface area contributed by atoms with Crippen LogP contribution in [0.3, 0.4) is 0 Å². The standard InChI is InChI=1S/C24H45BrN2O7/c25-21-23(29)27-14-16-33-18-20-34-19-17-32-15-13-26-22(28)11-9-7-5-3-1-2-4-6-8-10-12-24(30)31/h1-21H2,(H,26,28)(H,27,29)(H,30,31). The summed E-state index contributed by atoms with van der Waals surface area (Å²) in [5.41, 5.74) is 0. The zero-order valence-corrected chi connectivity index (χ0v) is 22.2. The Labute approximate surface area is 213 Å². The highest BCUT2D eigenvalue weighted by Crippen LogP contribution is 2.12. The summed E-state index contributed by atoms with van der Waals surface area (Å²) in [4.78, 5) is 33.2. The molecule has 0 heterocycles. The van der Waals surface area contributed by atoms with Crippen LogP contribution in [0, 0.1) is 0 Å². The van der Waals surface area contributed by atoms with Crippen LogP contribution in [0.2, 0.25) is 0 Å². The molecule has 0 saturated heterocycles. The highest BCUT2D eigenvalue weighted by atomic mass is 79.9. The van der Waals surface area contributed by atoms with Gasteiger partial charge in [-0.2, -0.15) is 0 Å². The molecule has 34 heavy (non-hydrogen) atoms. The van der Waals surface area contributed by atoms with Crippen molar-refractivity contribution in [1.82, 2.24) is 10.6 Å². The Kier molecular flexibility index (Phi) is 25.4. The lowest BCUT2D eigenvalue weighted by Crippen LogP contribution is -2.28. The molecule has 0 aromatic carbocycles. The van der Waals surface area contributed by atoms with Crippen molar-refractivity contribution in [2.75, 3.05) is 58.1 Å². The van der Waals surface area contributed by atoms with Gasteiger partial charge in [0.15, 0.2) is 0 Å². The van der Waals surface area contributed by atoms with E-state index >= 15 is 0 Å². The summed E-state index contributed by atoms with van der Waals surface area (Å²) < 4.78 is 16.1. The number of carbonyl (C=O) groups excluding carboxylic acids is 2. The average Bonchev–Trinajstić information content (AvgIpc) is 2.82. The normalized spacial score (nSPS) is 10.9. The van der Waals surface area contributed by atoms with Gasteiger partial charge in [-0.25, -0.2) is 0 Å². The van der Waals surface area contributed by atoms with Gasteiger partial charge in [-0.15, -0.1) is 0 Å². The number of amides is 2. The molecule has 200 valence electrons. The molecule has 0 saturated carbocycles. The highest BCUT2D eigenvalue weighted by Gasteiger charge is 2.01. The van der Waals surface area contributed by atoms with Crippen LogP contribution in [0.4, 0.5) is 0 Å². The molecule has 0 aromatic rings. The van der Waals surface area contributed by atoms with Gasteiger partial charge in [0.25, 0.3) is 0 Å². The number of carboxylic acids is 1. The smallest absolute Gasteiger partial charge is 0.303 e. The maximum atomic E-state index is 11.8. The van der Waals surface area contributed by atoms with Gasteiger partial charge in [0.2, 0.25) is 11.8 Å².